The van der Waals surface area contributed by atoms with Crippen molar-refractivity contribution in [2.45, 2.75) is 0 Å². The molecule has 0 heterocycles. The van der Waals surface area contributed by atoms with Crippen molar-refractivity contribution < 1.29 is 14.3 Å². The Bertz CT molecular complexity index is 295. The zero-order chi connectivity index (χ0) is 8.97. The molecule has 62 valence electrons. The third-order valence-corrected chi connectivity index (χ3v) is 1.39. The van der Waals surface area contributed by atoms with Crippen molar-refractivity contribution in [3.8, 4) is 0 Å². The molecule has 0 amide bonds. The molecule has 0 aromatic rings. The number of ether oxygens (including phenoxy) is 1. The van der Waals surface area contributed by atoms with Crippen LogP contribution in [0.15, 0.2) is 36.0 Å². The van der Waals surface area contributed by atoms with Crippen LogP contribution >= 0.6 is 0 Å². The van der Waals surface area contributed by atoms with E-state index in [1.807, 2.05) is 0 Å². The highest BCUT2D eigenvalue weighted by Gasteiger charge is 2.07. The standard InChI is InChI=1S/C9H8O3/c1-12-9(11)6-7-4-2-3-5-8(7)10/h2-6H,1H3/b7-6-. The van der Waals surface area contributed by atoms with Gasteiger partial charge in [-0.2, -0.15) is 0 Å². The molecule has 0 spiro atoms. The van der Waals surface area contributed by atoms with E-state index in [0.29, 0.717) is 5.57 Å². The molecule has 1 aliphatic carbocycles. The summed E-state index contributed by atoms with van der Waals surface area (Å²) in [6.07, 6.45) is 7.45. The van der Waals surface area contributed by atoms with Gasteiger partial charge >= 0.3 is 5.97 Å². The molecular formula is C9H8O3. The summed E-state index contributed by atoms with van der Waals surface area (Å²) in [5.41, 5.74) is 0.351. The van der Waals surface area contributed by atoms with Gasteiger partial charge in [0.2, 0.25) is 0 Å². The molecule has 0 N–H and O–H groups in total. The molecule has 0 fully saturated rings. The quantitative estimate of drug-likeness (QED) is 0.425. The first-order valence-electron chi connectivity index (χ1n) is 3.43. The van der Waals surface area contributed by atoms with E-state index < -0.39 is 5.97 Å². The van der Waals surface area contributed by atoms with E-state index in [2.05, 4.69) is 4.74 Å². The third kappa shape index (κ3) is 1.92. The summed E-state index contributed by atoms with van der Waals surface area (Å²) >= 11 is 0. The third-order valence-electron chi connectivity index (χ3n) is 1.39. The molecule has 0 radical (unpaired) electrons. The second-order valence-electron chi connectivity index (χ2n) is 2.21. The molecule has 0 saturated carbocycles. The van der Waals surface area contributed by atoms with Gasteiger partial charge in [-0.15, -0.1) is 0 Å². The summed E-state index contributed by atoms with van der Waals surface area (Å²) in [4.78, 5) is 21.7. The molecule has 3 nitrogen and oxygen atoms in total. The van der Waals surface area contributed by atoms with Crippen LogP contribution in [0.4, 0.5) is 0 Å². The zero-order valence-corrected chi connectivity index (χ0v) is 6.61. The molecule has 0 atom stereocenters. The number of allylic oxidation sites excluding steroid dienone is 5. The lowest BCUT2D eigenvalue weighted by atomic mass is 10.1. The van der Waals surface area contributed by atoms with E-state index in [4.69, 9.17) is 0 Å². The SMILES string of the molecule is COC(=O)/C=C1/C=CC=CC1=O. The normalized spacial score (nSPS) is 18.4. The smallest absolute Gasteiger partial charge is 0.331 e. The molecule has 0 bridgehead atoms. The average Bonchev–Trinajstić information content (AvgIpc) is 2.09. The van der Waals surface area contributed by atoms with E-state index in [-0.39, 0.29) is 5.78 Å². The fraction of sp³-hybridized carbons (Fsp3) is 0.111. The maximum absolute atomic E-state index is 11.0. The van der Waals surface area contributed by atoms with E-state index in [9.17, 15) is 9.59 Å². The van der Waals surface area contributed by atoms with Crippen LogP contribution < -0.4 is 0 Å². The summed E-state index contributed by atoms with van der Waals surface area (Å²) in [5.74, 6) is -0.693. The van der Waals surface area contributed by atoms with E-state index in [1.165, 1.54) is 19.3 Å². The number of carbonyl (C=O) groups excluding carboxylic acids is 2. The van der Waals surface area contributed by atoms with Crippen molar-refractivity contribution in [1.29, 1.82) is 0 Å². The molecule has 1 aliphatic rings. The minimum Gasteiger partial charge on any atom is -0.466 e. The van der Waals surface area contributed by atoms with Crippen LogP contribution in [0.3, 0.4) is 0 Å². The minimum absolute atomic E-state index is 0.178. The van der Waals surface area contributed by atoms with Gasteiger partial charge < -0.3 is 4.74 Å². The van der Waals surface area contributed by atoms with Gasteiger partial charge in [-0.3, -0.25) is 4.79 Å². The average molecular weight is 164 g/mol. The van der Waals surface area contributed by atoms with Gasteiger partial charge in [-0.1, -0.05) is 18.2 Å². The number of hydrogen-bond donors (Lipinski definition) is 0. The summed E-state index contributed by atoms with van der Waals surface area (Å²) in [6, 6.07) is 0. The van der Waals surface area contributed by atoms with Gasteiger partial charge in [0, 0.05) is 11.6 Å². The molecule has 0 aliphatic heterocycles. The summed E-state index contributed by atoms with van der Waals surface area (Å²) < 4.78 is 4.38. The Balaban J connectivity index is 2.82. The number of methoxy groups -OCH3 is 1. The Kier molecular flexibility index (Phi) is 2.58. The highest BCUT2D eigenvalue weighted by Crippen LogP contribution is 2.05. The van der Waals surface area contributed by atoms with E-state index in [0.717, 1.165) is 0 Å². The van der Waals surface area contributed by atoms with Crippen molar-refractivity contribution in [2.24, 2.45) is 0 Å². The molecule has 0 aromatic carbocycles. The Hall–Kier alpha value is -1.64. The van der Waals surface area contributed by atoms with Crippen LogP contribution in [0.1, 0.15) is 0 Å². The molecule has 12 heavy (non-hydrogen) atoms. The first-order valence-corrected chi connectivity index (χ1v) is 3.43. The minimum atomic E-state index is -0.515. The van der Waals surface area contributed by atoms with Gasteiger partial charge in [0.15, 0.2) is 5.78 Å². The monoisotopic (exact) mass is 164 g/mol. The summed E-state index contributed by atoms with van der Waals surface area (Å²) in [5, 5.41) is 0. The maximum Gasteiger partial charge on any atom is 0.331 e. The van der Waals surface area contributed by atoms with Crippen molar-refractivity contribution in [1.82, 2.24) is 0 Å². The lowest BCUT2D eigenvalue weighted by molar-refractivity contribution is -0.135. The fourth-order valence-corrected chi connectivity index (χ4v) is 0.786. The second kappa shape index (κ2) is 3.67. The molecule has 3 heteroatoms. The van der Waals surface area contributed by atoms with Crippen LogP contribution in [0.25, 0.3) is 0 Å². The van der Waals surface area contributed by atoms with Gasteiger partial charge in [0.25, 0.3) is 0 Å². The Labute approximate surface area is 70.0 Å². The predicted molar refractivity (Wildman–Crippen MR) is 43.4 cm³/mol. The van der Waals surface area contributed by atoms with Gasteiger partial charge in [0.1, 0.15) is 0 Å². The fourth-order valence-electron chi connectivity index (χ4n) is 0.786. The van der Waals surface area contributed by atoms with Gasteiger partial charge in [0.05, 0.1) is 7.11 Å². The van der Waals surface area contributed by atoms with Crippen molar-refractivity contribution in [3.05, 3.63) is 36.0 Å². The van der Waals surface area contributed by atoms with Crippen LogP contribution in [0.2, 0.25) is 0 Å². The second-order valence-corrected chi connectivity index (χ2v) is 2.21. The Morgan fingerprint density at radius 2 is 2.08 bits per heavy atom. The molecule has 0 saturated heterocycles. The number of rotatable bonds is 1. The van der Waals surface area contributed by atoms with Crippen LogP contribution in [-0.2, 0) is 14.3 Å². The lowest BCUT2D eigenvalue weighted by Crippen LogP contribution is -2.03. The highest BCUT2D eigenvalue weighted by molar-refractivity contribution is 6.10. The summed E-state index contributed by atoms with van der Waals surface area (Å²) in [6.45, 7) is 0. The van der Waals surface area contributed by atoms with E-state index >= 15 is 0 Å². The van der Waals surface area contributed by atoms with Crippen molar-refractivity contribution >= 4 is 11.8 Å². The Morgan fingerprint density at radius 3 is 2.67 bits per heavy atom. The summed E-state index contributed by atoms with van der Waals surface area (Å²) in [7, 11) is 1.27. The number of ketones is 1. The highest BCUT2D eigenvalue weighted by atomic mass is 16.5. The number of hydrogen-bond acceptors (Lipinski definition) is 3. The van der Waals surface area contributed by atoms with Crippen molar-refractivity contribution in [2.75, 3.05) is 7.11 Å². The zero-order valence-electron chi connectivity index (χ0n) is 6.61. The van der Waals surface area contributed by atoms with Crippen molar-refractivity contribution in [3.63, 3.8) is 0 Å². The lowest BCUT2D eigenvalue weighted by Gasteiger charge is -1.99. The largest absolute Gasteiger partial charge is 0.466 e. The molecule has 1 rings (SSSR count). The number of esters is 1. The molecular weight excluding hydrogens is 156 g/mol. The van der Waals surface area contributed by atoms with Crippen LogP contribution in [0.5, 0.6) is 0 Å². The predicted octanol–water partition coefficient (Wildman–Crippen LogP) is 0.781. The van der Waals surface area contributed by atoms with Crippen LogP contribution in [0, 0.1) is 0 Å². The molecule has 0 aromatic heterocycles. The van der Waals surface area contributed by atoms with Crippen LogP contribution in [-0.4, -0.2) is 18.9 Å². The Morgan fingerprint density at radius 1 is 1.42 bits per heavy atom. The maximum atomic E-state index is 11.0. The van der Waals surface area contributed by atoms with Gasteiger partial charge in [-0.05, 0) is 6.08 Å². The number of carbonyl (C=O) groups is 2. The first-order chi connectivity index (χ1) is 5.74. The first kappa shape index (κ1) is 8.46. The topological polar surface area (TPSA) is 43.4 Å². The molecule has 0 unspecified atom stereocenters. The van der Waals surface area contributed by atoms with Gasteiger partial charge in [-0.25, -0.2) is 4.79 Å². The van der Waals surface area contributed by atoms with E-state index in [1.54, 1.807) is 18.2 Å².